The second-order valence-electron chi connectivity index (χ2n) is 3.91. The smallest absolute Gasteiger partial charge is 0.265 e. The van der Waals surface area contributed by atoms with E-state index in [2.05, 4.69) is 13.8 Å². The van der Waals surface area contributed by atoms with Crippen molar-refractivity contribution in [1.82, 2.24) is 0 Å². The minimum absolute atomic E-state index is 0.367. The lowest BCUT2D eigenvalue weighted by Crippen LogP contribution is -2.45. The van der Waals surface area contributed by atoms with E-state index in [-0.39, 0.29) is 0 Å². The highest BCUT2D eigenvalue weighted by molar-refractivity contribution is 5.68. The molecule has 0 aromatic heterocycles. The molecule has 2 heteroatoms. The van der Waals surface area contributed by atoms with Crippen LogP contribution in [0.1, 0.15) is 39.5 Å². The van der Waals surface area contributed by atoms with E-state index in [1.165, 1.54) is 6.42 Å². The van der Waals surface area contributed by atoms with Gasteiger partial charge in [0, 0.05) is 0 Å². The van der Waals surface area contributed by atoms with Gasteiger partial charge in [0.05, 0.1) is 27.1 Å². The lowest BCUT2D eigenvalue weighted by Gasteiger charge is -2.26. The summed E-state index contributed by atoms with van der Waals surface area (Å²) in [7, 11) is 4.02. The fourth-order valence-corrected chi connectivity index (χ4v) is 1.19. The first kappa shape index (κ1) is 11.6. The zero-order valence-electron chi connectivity index (χ0n) is 8.89. The lowest BCUT2D eigenvalue weighted by atomic mass is 10.2. The van der Waals surface area contributed by atoms with Crippen LogP contribution >= 0.6 is 0 Å². The van der Waals surface area contributed by atoms with E-state index in [4.69, 9.17) is 0 Å². The van der Waals surface area contributed by atoms with E-state index in [9.17, 15) is 4.79 Å². The van der Waals surface area contributed by atoms with Crippen LogP contribution in [0.25, 0.3) is 0 Å². The van der Waals surface area contributed by atoms with E-state index < -0.39 is 0 Å². The first-order valence-electron chi connectivity index (χ1n) is 4.91. The molecule has 0 radical (unpaired) electrons. The van der Waals surface area contributed by atoms with Crippen LogP contribution in [-0.4, -0.2) is 31.0 Å². The summed E-state index contributed by atoms with van der Waals surface area (Å²) in [6.45, 7) is 5.19. The van der Waals surface area contributed by atoms with Gasteiger partial charge in [0.15, 0.2) is 0 Å². The Bertz CT molecular complexity index is 141. The molecule has 0 aliphatic carbocycles. The summed E-state index contributed by atoms with van der Waals surface area (Å²) >= 11 is 0. The lowest BCUT2D eigenvalue weighted by molar-refractivity contribution is -0.814. The van der Waals surface area contributed by atoms with Gasteiger partial charge in [-0.05, 0) is 12.8 Å². The third-order valence-corrected chi connectivity index (χ3v) is 2.21. The van der Waals surface area contributed by atoms with Crippen LogP contribution in [0.3, 0.4) is 0 Å². The molecule has 0 saturated heterocycles. The van der Waals surface area contributed by atoms with E-state index in [0.717, 1.165) is 25.8 Å². The van der Waals surface area contributed by atoms with Gasteiger partial charge >= 0.3 is 5.91 Å². The topological polar surface area (TPSA) is 17.1 Å². The molecule has 0 aromatic rings. The first-order chi connectivity index (χ1) is 5.54. The summed E-state index contributed by atoms with van der Waals surface area (Å²) in [5.74, 6) is 0.367. The summed E-state index contributed by atoms with van der Waals surface area (Å²) in [4.78, 5) is 11.5. The van der Waals surface area contributed by atoms with Gasteiger partial charge in [-0.25, -0.2) is 4.79 Å². The second kappa shape index (κ2) is 5.31. The van der Waals surface area contributed by atoms with Gasteiger partial charge in [-0.3, -0.25) is 4.48 Å². The molecular weight excluding hydrogens is 150 g/mol. The Morgan fingerprint density at radius 1 is 1.17 bits per heavy atom. The van der Waals surface area contributed by atoms with E-state index in [0.29, 0.717) is 10.4 Å². The third-order valence-electron chi connectivity index (χ3n) is 2.21. The minimum Gasteiger partial charge on any atom is -0.265 e. The average molecular weight is 172 g/mol. The van der Waals surface area contributed by atoms with Gasteiger partial charge in [0.2, 0.25) is 0 Å². The number of amides is 1. The molecule has 12 heavy (non-hydrogen) atoms. The Hall–Kier alpha value is -0.370. The molecule has 0 aromatic carbocycles. The minimum atomic E-state index is 0.367. The van der Waals surface area contributed by atoms with Gasteiger partial charge in [-0.15, -0.1) is 0 Å². The van der Waals surface area contributed by atoms with Crippen LogP contribution in [0.2, 0.25) is 0 Å². The monoisotopic (exact) mass is 172 g/mol. The van der Waals surface area contributed by atoms with Crippen molar-refractivity contribution in [2.45, 2.75) is 39.5 Å². The highest BCUT2D eigenvalue weighted by atomic mass is 16.2. The van der Waals surface area contributed by atoms with Crippen molar-refractivity contribution < 1.29 is 9.28 Å². The predicted octanol–water partition coefficient (Wildman–Crippen LogP) is 2.19. The molecule has 0 aliphatic rings. The van der Waals surface area contributed by atoms with Crippen molar-refractivity contribution in [3.63, 3.8) is 0 Å². The van der Waals surface area contributed by atoms with Gasteiger partial charge in [0.1, 0.15) is 0 Å². The predicted molar refractivity (Wildman–Crippen MR) is 51.8 cm³/mol. The van der Waals surface area contributed by atoms with Crippen LogP contribution in [0.5, 0.6) is 0 Å². The molecule has 1 amide bonds. The molecule has 0 saturated carbocycles. The Morgan fingerprint density at radius 2 is 1.75 bits per heavy atom. The van der Waals surface area contributed by atoms with Crippen molar-refractivity contribution in [3.05, 3.63) is 0 Å². The van der Waals surface area contributed by atoms with Gasteiger partial charge in [0.25, 0.3) is 0 Å². The van der Waals surface area contributed by atoms with Crippen LogP contribution in [0.4, 0.5) is 0 Å². The number of unbranched alkanes of at least 4 members (excludes halogenated alkanes) is 1. The van der Waals surface area contributed by atoms with Crippen molar-refractivity contribution in [2.24, 2.45) is 0 Å². The van der Waals surface area contributed by atoms with Crippen LogP contribution in [0, 0.1) is 0 Å². The number of carbonyl (C=O) groups excluding carboxylic acids is 1. The maximum absolute atomic E-state index is 11.5. The molecular formula is C10H22NO+. The first-order valence-corrected chi connectivity index (χ1v) is 4.91. The summed E-state index contributed by atoms with van der Waals surface area (Å²) in [5.41, 5.74) is 0. The van der Waals surface area contributed by atoms with E-state index >= 15 is 0 Å². The Morgan fingerprint density at radius 3 is 2.17 bits per heavy atom. The van der Waals surface area contributed by atoms with E-state index in [1.807, 2.05) is 14.1 Å². The highest BCUT2D eigenvalue weighted by Gasteiger charge is 2.23. The van der Waals surface area contributed by atoms with Crippen LogP contribution in [-0.2, 0) is 4.79 Å². The average Bonchev–Trinajstić information content (AvgIpc) is 2.01. The number of nitrogens with zero attached hydrogens (tertiary/aromatic N) is 1. The molecule has 0 N–H and O–H groups in total. The molecule has 0 spiro atoms. The van der Waals surface area contributed by atoms with Gasteiger partial charge in [-0.1, -0.05) is 20.3 Å². The largest absolute Gasteiger partial charge is 0.313 e. The zero-order valence-corrected chi connectivity index (χ0v) is 8.89. The fraction of sp³-hybridized carbons (Fsp3) is 0.900. The van der Waals surface area contributed by atoms with Crippen LogP contribution < -0.4 is 0 Å². The highest BCUT2D eigenvalue weighted by Crippen LogP contribution is 2.06. The Kier molecular flexibility index (Phi) is 5.14. The number of carbonyl (C=O) groups is 1. The maximum atomic E-state index is 11.5. The number of hydrogen-bond donors (Lipinski definition) is 0. The van der Waals surface area contributed by atoms with Crippen molar-refractivity contribution in [2.75, 3.05) is 20.6 Å². The van der Waals surface area contributed by atoms with Gasteiger partial charge in [-0.2, -0.15) is 0 Å². The third kappa shape index (κ3) is 3.86. The molecule has 2 nitrogen and oxygen atoms in total. The Balaban J connectivity index is 3.90. The van der Waals surface area contributed by atoms with Gasteiger partial charge < -0.3 is 0 Å². The molecule has 0 rings (SSSR count). The number of hydrogen-bond acceptors (Lipinski definition) is 1. The van der Waals surface area contributed by atoms with E-state index in [1.54, 1.807) is 0 Å². The maximum Gasteiger partial charge on any atom is 0.313 e. The summed E-state index contributed by atoms with van der Waals surface area (Å²) < 4.78 is 0.557. The molecule has 0 atom stereocenters. The zero-order chi connectivity index (χ0) is 9.61. The molecule has 0 unspecified atom stereocenters. The number of rotatable bonds is 5. The molecule has 0 heterocycles. The fourth-order valence-electron chi connectivity index (χ4n) is 1.19. The number of quaternary nitrogens is 1. The summed E-state index contributed by atoms with van der Waals surface area (Å²) in [5, 5.41) is 0. The summed E-state index contributed by atoms with van der Waals surface area (Å²) in [6.07, 6.45) is 3.99. The molecule has 0 bridgehead atoms. The van der Waals surface area contributed by atoms with Crippen molar-refractivity contribution >= 4 is 5.91 Å². The van der Waals surface area contributed by atoms with Crippen molar-refractivity contribution in [1.29, 1.82) is 0 Å². The Labute approximate surface area is 76.2 Å². The molecule has 72 valence electrons. The second-order valence-corrected chi connectivity index (χ2v) is 3.91. The van der Waals surface area contributed by atoms with Crippen LogP contribution in [0.15, 0.2) is 0 Å². The normalized spacial score (nSPS) is 11.7. The van der Waals surface area contributed by atoms with Crippen molar-refractivity contribution in [3.8, 4) is 0 Å². The molecule has 0 aliphatic heterocycles. The quantitative estimate of drug-likeness (QED) is 0.581. The standard InChI is InChI=1S/C10H22NO/c1-5-7-9-11(3,4)10(12)8-6-2/h5-9H2,1-4H3/q+1. The summed E-state index contributed by atoms with van der Waals surface area (Å²) in [6, 6.07) is 0. The SMILES string of the molecule is CCCC[N+](C)(C)C(=O)CCC. The molecule has 0 fully saturated rings.